The molecule has 0 unspecified atom stereocenters. The van der Waals surface area contributed by atoms with E-state index in [1.165, 1.54) is 24.5 Å². The van der Waals surface area contributed by atoms with E-state index in [0.29, 0.717) is 16.7 Å². The Balaban J connectivity index is 2.04. The molecule has 0 aliphatic rings. The molecule has 4 nitrogen and oxygen atoms in total. The predicted octanol–water partition coefficient (Wildman–Crippen LogP) is 3.90. The summed E-state index contributed by atoms with van der Waals surface area (Å²) in [5, 5.41) is 9.72. The molecule has 0 aliphatic carbocycles. The molecular weight excluding hydrogens is 371 g/mol. The third-order valence-electron chi connectivity index (χ3n) is 2.77. The average molecular weight is 380 g/mol. The molecule has 5 heteroatoms. The average Bonchev–Trinajstić information content (AvgIpc) is 2.44. The second-order valence-corrected chi connectivity index (χ2v) is 5.41. The fourth-order valence-corrected chi connectivity index (χ4v) is 2.16. The van der Waals surface area contributed by atoms with Crippen molar-refractivity contribution >= 4 is 33.6 Å². The van der Waals surface area contributed by atoms with Crippen molar-refractivity contribution in [1.29, 1.82) is 0 Å². The van der Waals surface area contributed by atoms with Gasteiger partial charge in [-0.15, -0.1) is 0 Å². The number of aromatic hydroxyl groups is 1. The van der Waals surface area contributed by atoms with Crippen LogP contribution in [0.4, 0.5) is 0 Å². The summed E-state index contributed by atoms with van der Waals surface area (Å²) in [5.41, 5.74) is 0.0507. The number of halogens is 1. The molecule has 0 saturated carbocycles. The Bertz CT molecular complexity index is 821. The van der Waals surface area contributed by atoms with Crippen LogP contribution >= 0.6 is 22.6 Å². The quantitative estimate of drug-likeness (QED) is 0.686. The maximum absolute atomic E-state index is 12.2. The molecular formula is C15H9IO4. The molecule has 3 rings (SSSR count). The van der Waals surface area contributed by atoms with Crippen molar-refractivity contribution in [3.63, 3.8) is 0 Å². The van der Waals surface area contributed by atoms with Crippen molar-refractivity contribution in [1.82, 2.24) is 0 Å². The van der Waals surface area contributed by atoms with Gasteiger partial charge in [-0.2, -0.15) is 0 Å². The lowest BCUT2D eigenvalue weighted by Gasteiger charge is -2.05. The SMILES string of the molecule is O=c1c(Oc2ccc(I)cc2)coc2cc(O)ccc12. The number of fused-ring (bicyclic) bond motifs is 1. The summed E-state index contributed by atoms with van der Waals surface area (Å²) >= 11 is 2.19. The van der Waals surface area contributed by atoms with E-state index < -0.39 is 0 Å². The van der Waals surface area contributed by atoms with Crippen molar-refractivity contribution in [2.45, 2.75) is 0 Å². The Kier molecular flexibility index (Phi) is 3.35. The molecule has 1 N–H and O–H groups in total. The molecule has 0 bridgehead atoms. The molecule has 1 heterocycles. The summed E-state index contributed by atoms with van der Waals surface area (Å²) in [6.07, 6.45) is 1.25. The summed E-state index contributed by atoms with van der Waals surface area (Å²) in [6, 6.07) is 11.7. The minimum absolute atomic E-state index is 0.0481. The van der Waals surface area contributed by atoms with Gasteiger partial charge in [-0.1, -0.05) is 0 Å². The highest BCUT2D eigenvalue weighted by Gasteiger charge is 2.09. The maximum Gasteiger partial charge on any atom is 0.235 e. The summed E-state index contributed by atoms with van der Waals surface area (Å²) in [6.45, 7) is 0. The van der Waals surface area contributed by atoms with Gasteiger partial charge in [0.2, 0.25) is 11.2 Å². The molecule has 0 atom stereocenters. The molecule has 0 radical (unpaired) electrons. The molecule has 20 heavy (non-hydrogen) atoms. The predicted molar refractivity (Wildman–Crippen MR) is 83.4 cm³/mol. The zero-order valence-electron chi connectivity index (χ0n) is 10.2. The Morgan fingerprint density at radius 1 is 1.10 bits per heavy atom. The zero-order valence-corrected chi connectivity index (χ0v) is 12.3. The molecule has 0 fully saturated rings. The van der Waals surface area contributed by atoms with Gasteiger partial charge < -0.3 is 14.3 Å². The minimum atomic E-state index is -0.273. The van der Waals surface area contributed by atoms with Crippen LogP contribution in [0.1, 0.15) is 0 Å². The van der Waals surface area contributed by atoms with Crippen LogP contribution in [0.15, 0.2) is 57.9 Å². The van der Waals surface area contributed by atoms with Gasteiger partial charge in [-0.05, 0) is 59.0 Å². The van der Waals surface area contributed by atoms with E-state index in [-0.39, 0.29) is 16.9 Å². The van der Waals surface area contributed by atoms with Crippen LogP contribution in [-0.4, -0.2) is 5.11 Å². The third kappa shape index (κ3) is 2.49. The molecule has 1 aromatic heterocycles. The van der Waals surface area contributed by atoms with Crippen LogP contribution in [0.5, 0.6) is 17.2 Å². The third-order valence-corrected chi connectivity index (χ3v) is 3.49. The van der Waals surface area contributed by atoms with E-state index in [2.05, 4.69) is 22.6 Å². The van der Waals surface area contributed by atoms with Crippen LogP contribution in [0.25, 0.3) is 11.0 Å². The summed E-state index contributed by atoms with van der Waals surface area (Å²) in [4.78, 5) is 12.2. The van der Waals surface area contributed by atoms with Crippen molar-refractivity contribution < 1.29 is 14.3 Å². The zero-order chi connectivity index (χ0) is 14.1. The smallest absolute Gasteiger partial charge is 0.235 e. The van der Waals surface area contributed by atoms with Crippen LogP contribution in [0.3, 0.4) is 0 Å². The Morgan fingerprint density at radius 2 is 1.85 bits per heavy atom. The molecule has 0 amide bonds. The van der Waals surface area contributed by atoms with Gasteiger partial charge in [0.1, 0.15) is 23.3 Å². The first-order chi connectivity index (χ1) is 9.63. The summed E-state index contributed by atoms with van der Waals surface area (Å²) in [5.74, 6) is 0.729. The number of phenolic OH excluding ortho intramolecular Hbond substituents is 1. The lowest BCUT2D eigenvalue weighted by Crippen LogP contribution is -2.04. The van der Waals surface area contributed by atoms with Crippen molar-refractivity contribution in [2.75, 3.05) is 0 Å². The highest BCUT2D eigenvalue weighted by Crippen LogP contribution is 2.23. The van der Waals surface area contributed by atoms with Gasteiger partial charge in [-0.3, -0.25) is 4.79 Å². The molecule has 0 saturated heterocycles. The van der Waals surface area contributed by atoms with E-state index in [0.717, 1.165) is 3.57 Å². The van der Waals surface area contributed by atoms with Crippen LogP contribution in [0.2, 0.25) is 0 Å². The van der Waals surface area contributed by atoms with E-state index in [4.69, 9.17) is 9.15 Å². The van der Waals surface area contributed by atoms with Crippen LogP contribution in [0, 0.1) is 3.57 Å². The number of benzene rings is 2. The molecule has 3 aromatic rings. The lowest BCUT2D eigenvalue weighted by atomic mass is 10.2. The van der Waals surface area contributed by atoms with Crippen molar-refractivity contribution in [2.24, 2.45) is 0 Å². The Hall–Kier alpha value is -2.02. The Morgan fingerprint density at radius 3 is 2.60 bits per heavy atom. The van der Waals surface area contributed by atoms with Crippen molar-refractivity contribution in [3.8, 4) is 17.2 Å². The topological polar surface area (TPSA) is 59.7 Å². The first-order valence-electron chi connectivity index (χ1n) is 5.81. The summed E-state index contributed by atoms with van der Waals surface area (Å²) in [7, 11) is 0. The largest absolute Gasteiger partial charge is 0.508 e. The first kappa shape index (κ1) is 13.0. The normalized spacial score (nSPS) is 10.7. The standard InChI is InChI=1S/C15H9IO4/c16-9-1-4-11(5-2-9)20-14-8-19-13-7-10(17)3-6-12(13)15(14)18/h1-8,17H. The molecule has 2 aromatic carbocycles. The minimum Gasteiger partial charge on any atom is -0.508 e. The highest BCUT2D eigenvalue weighted by molar-refractivity contribution is 14.1. The Labute approximate surface area is 127 Å². The number of rotatable bonds is 2. The number of phenols is 1. The second kappa shape index (κ2) is 5.16. The number of hydrogen-bond donors (Lipinski definition) is 1. The lowest BCUT2D eigenvalue weighted by molar-refractivity contribution is 0.449. The van der Waals surface area contributed by atoms with E-state index in [1.807, 2.05) is 12.1 Å². The van der Waals surface area contributed by atoms with Crippen molar-refractivity contribution in [3.05, 3.63) is 62.5 Å². The number of ether oxygens (including phenoxy) is 1. The van der Waals surface area contributed by atoms with Gasteiger partial charge in [0.25, 0.3) is 0 Å². The van der Waals surface area contributed by atoms with Gasteiger partial charge in [0, 0.05) is 9.64 Å². The maximum atomic E-state index is 12.2. The number of hydrogen-bond acceptors (Lipinski definition) is 4. The van der Waals surface area contributed by atoms with Gasteiger partial charge >= 0.3 is 0 Å². The van der Waals surface area contributed by atoms with Gasteiger partial charge in [0.05, 0.1) is 5.39 Å². The second-order valence-electron chi connectivity index (χ2n) is 4.17. The highest BCUT2D eigenvalue weighted by atomic mass is 127. The van der Waals surface area contributed by atoms with Gasteiger partial charge in [0.15, 0.2) is 0 Å². The van der Waals surface area contributed by atoms with E-state index in [1.54, 1.807) is 12.1 Å². The van der Waals surface area contributed by atoms with Crippen LogP contribution in [-0.2, 0) is 0 Å². The van der Waals surface area contributed by atoms with E-state index >= 15 is 0 Å². The molecule has 0 spiro atoms. The fourth-order valence-electron chi connectivity index (χ4n) is 1.80. The fraction of sp³-hybridized carbons (Fsp3) is 0. The summed E-state index contributed by atoms with van der Waals surface area (Å²) < 4.78 is 11.9. The molecule has 0 aliphatic heterocycles. The monoisotopic (exact) mass is 380 g/mol. The van der Waals surface area contributed by atoms with E-state index in [9.17, 15) is 9.90 Å². The van der Waals surface area contributed by atoms with Gasteiger partial charge in [-0.25, -0.2) is 0 Å². The molecule has 100 valence electrons. The first-order valence-corrected chi connectivity index (χ1v) is 6.89. The van der Waals surface area contributed by atoms with Crippen LogP contribution < -0.4 is 10.2 Å².